The summed E-state index contributed by atoms with van der Waals surface area (Å²) in [6.45, 7) is 0.342. The van der Waals surface area contributed by atoms with Crippen LogP contribution in [-0.4, -0.2) is 16.2 Å². The Kier molecular flexibility index (Phi) is 5.00. The van der Waals surface area contributed by atoms with Gasteiger partial charge in [0.2, 0.25) is 0 Å². The van der Waals surface area contributed by atoms with Crippen LogP contribution in [0.2, 0.25) is 0 Å². The van der Waals surface area contributed by atoms with Crippen LogP contribution in [0.1, 0.15) is 15.9 Å². The highest BCUT2D eigenvalue weighted by atomic mass is 32.1. The molecular formula is C15H12F2N2O2S. The van der Waals surface area contributed by atoms with Crippen molar-refractivity contribution < 1.29 is 18.7 Å². The quantitative estimate of drug-likeness (QED) is 0.755. The molecule has 0 radical (unpaired) electrons. The first kappa shape index (κ1) is 15.8. The first-order chi connectivity index (χ1) is 10.5. The van der Waals surface area contributed by atoms with E-state index < -0.39 is 17.6 Å². The van der Waals surface area contributed by atoms with Gasteiger partial charge in [-0.3, -0.25) is 0 Å². The Morgan fingerprint density at radius 2 is 1.82 bits per heavy atom. The van der Waals surface area contributed by atoms with E-state index in [-0.39, 0.29) is 16.4 Å². The highest BCUT2D eigenvalue weighted by molar-refractivity contribution is 7.80. The lowest BCUT2D eigenvalue weighted by atomic mass is 10.1. The molecule has 0 atom stereocenters. The number of hydrogen-bond acceptors (Lipinski definition) is 2. The first-order valence-corrected chi connectivity index (χ1v) is 6.68. The van der Waals surface area contributed by atoms with E-state index in [2.05, 4.69) is 10.6 Å². The Labute approximate surface area is 130 Å². The van der Waals surface area contributed by atoms with E-state index in [0.717, 1.165) is 17.7 Å². The summed E-state index contributed by atoms with van der Waals surface area (Å²) < 4.78 is 26.2. The van der Waals surface area contributed by atoms with Crippen LogP contribution in [-0.2, 0) is 6.54 Å². The lowest BCUT2D eigenvalue weighted by molar-refractivity contribution is 0.0697. The van der Waals surface area contributed by atoms with Gasteiger partial charge in [-0.2, -0.15) is 0 Å². The minimum atomic E-state index is -0.997. The van der Waals surface area contributed by atoms with Gasteiger partial charge in [0, 0.05) is 12.6 Å². The van der Waals surface area contributed by atoms with Crippen molar-refractivity contribution in [2.75, 3.05) is 5.32 Å². The largest absolute Gasteiger partial charge is 0.478 e. The fourth-order valence-electron chi connectivity index (χ4n) is 1.70. The molecule has 0 saturated carbocycles. The van der Waals surface area contributed by atoms with Gasteiger partial charge in [-0.15, -0.1) is 0 Å². The van der Waals surface area contributed by atoms with Crippen LogP contribution in [0.4, 0.5) is 14.5 Å². The average molecular weight is 322 g/mol. The third-order valence-electron chi connectivity index (χ3n) is 2.83. The maximum Gasteiger partial charge on any atom is 0.335 e. The van der Waals surface area contributed by atoms with Crippen LogP contribution in [0, 0.1) is 11.6 Å². The van der Waals surface area contributed by atoms with E-state index in [1.165, 1.54) is 18.2 Å². The van der Waals surface area contributed by atoms with E-state index >= 15 is 0 Å². The third kappa shape index (κ3) is 4.23. The Morgan fingerprint density at radius 3 is 2.41 bits per heavy atom. The number of halogens is 2. The number of rotatable bonds is 4. The SMILES string of the molecule is O=C(O)c1ccc(CNC(=S)Nc2ccc(F)cc2F)cc1. The molecule has 0 heterocycles. The summed E-state index contributed by atoms with van der Waals surface area (Å²) >= 11 is 5.02. The van der Waals surface area contributed by atoms with Gasteiger partial charge in [0.15, 0.2) is 5.11 Å². The van der Waals surface area contributed by atoms with Crippen LogP contribution in [0.5, 0.6) is 0 Å². The van der Waals surface area contributed by atoms with Crippen LogP contribution in [0.15, 0.2) is 42.5 Å². The Hall–Kier alpha value is -2.54. The molecule has 0 spiro atoms. The summed E-state index contributed by atoms with van der Waals surface area (Å²) in [5.74, 6) is -2.40. The monoisotopic (exact) mass is 322 g/mol. The number of benzene rings is 2. The summed E-state index contributed by atoms with van der Waals surface area (Å²) in [5, 5.41) is 14.4. The lowest BCUT2D eigenvalue weighted by Gasteiger charge is -2.11. The van der Waals surface area contributed by atoms with Crippen molar-refractivity contribution in [2.24, 2.45) is 0 Å². The molecule has 0 aliphatic rings. The van der Waals surface area contributed by atoms with Gasteiger partial charge in [-0.25, -0.2) is 13.6 Å². The summed E-state index contributed by atoms with van der Waals surface area (Å²) in [4.78, 5) is 10.7. The molecule has 0 bridgehead atoms. The molecule has 0 unspecified atom stereocenters. The number of carbonyl (C=O) groups is 1. The summed E-state index contributed by atoms with van der Waals surface area (Å²) in [5.41, 5.74) is 1.08. The van der Waals surface area contributed by atoms with Crippen LogP contribution in [0.3, 0.4) is 0 Å². The maximum atomic E-state index is 13.4. The molecule has 0 aromatic heterocycles. The van der Waals surface area contributed by atoms with E-state index in [0.29, 0.717) is 6.54 Å². The van der Waals surface area contributed by atoms with Crippen molar-refractivity contribution in [3.63, 3.8) is 0 Å². The topological polar surface area (TPSA) is 61.4 Å². The average Bonchev–Trinajstić information content (AvgIpc) is 2.48. The smallest absolute Gasteiger partial charge is 0.335 e. The summed E-state index contributed by atoms with van der Waals surface area (Å²) in [6, 6.07) is 9.40. The fraction of sp³-hybridized carbons (Fsp3) is 0.0667. The summed E-state index contributed by atoms with van der Waals surface area (Å²) in [7, 11) is 0. The number of carboxylic acid groups (broad SMARTS) is 1. The zero-order chi connectivity index (χ0) is 16.1. The molecule has 2 aromatic rings. The molecule has 7 heteroatoms. The zero-order valence-electron chi connectivity index (χ0n) is 11.3. The number of hydrogen-bond donors (Lipinski definition) is 3. The molecule has 22 heavy (non-hydrogen) atoms. The zero-order valence-corrected chi connectivity index (χ0v) is 12.1. The molecule has 2 aromatic carbocycles. The van der Waals surface area contributed by atoms with Crippen molar-refractivity contribution in [1.29, 1.82) is 0 Å². The Morgan fingerprint density at radius 1 is 1.14 bits per heavy atom. The normalized spacial score (nSPS) is 10.1. The van der Waals surface area contributed by atoms with E-state index in [9.17, 15) is 13.6 Å². The Bertz CT molecular complexity index is 705. The van der Waals surface area contributed by atoms with Crippen LogP contribution in [0.25, 0.3) is 0 Å². The molecule has 0 aliphatic heterocycles. The number of carboxylic acids is 1. The predicted molar refractivity (Wildman–Crippen MR) is 82.8 cm³/mol. The standard InChI is InChI=1S/C15H12F2N2O2S/c16-11-5-6-13(12(17)7-11)19-15(22)18-8-9-1-3-10(4-2-9)14(20)21/h1-7H,8H2,(H,20,21)(H2,18,19,22). The molecule has 0 saturated heterocycles. The maximum absolute atomic E-state index is 13.4. The number of anilines is 1. The Balaban J connectivity index is 1.91. The molecule has 114 valence electrons. The van der Waals surface area contributed by atoms with Gasteiger partial charge < -0.3 is 15.7 Å². The molecule has 4 nitrogen and oxygen atoms in total. The van der Waals surface area contributed by atoms with Gasteiger partial charge >= 0.3 is 5.97 Å². The van der Waals surface area contributed by atoms with Gasteiger partial charge in [0.05, 0.1) is 11.3 Å². The second-order valence-corrected chi connectivity index (χ2v) is 4.84. The first-order valence-electron chi connectivity index (χ1n) is 6.28. The fourth-order valence-corrected chi connectivity index (χ4v) is 1.89. The van der Waals surface area contributed by atoms with Crippen molar-refractivity contribution in [2.45, 2.75) is 6.54 Å². The molecule has 3 N–H and O–H groups in total. The number of thiocarbonyl (C=S) groups is 1. The minimum Gasteiger partial charge on any atom is -0.478 e. The van der Waals surface area contributed by atoms with Crippen molar-refractivity contribution in [1.82, 2.24) is 5.32 Å². The van der Waals surface area contributed by atoms with Gasteiger partial charge in [0.25, 0.3) is 0 Å². The number of nitrogens with one attached hydrogen (secondary N) is 2. The van der Waals surface area contributed by atoms with Crippen molar-refractivity contribution in [3.8, 4) is 0 Å². The lowest BCUT2D eigenvalue weighted by Crippen LogP contribution is -2.28. The highest BCUT2D eigenvalue weighted by Gasteiger charge is 2.06. The van der Waals surface area contributed by atoms with Gasteiger partial charge in [0.1, 0.15) is 11.6 Å². The second-order valence-electron chi connectivity index (χ2n) is 4.43. The molecule has 2 rings (SSSR count). The third-order valence-corrected chi connectivity index (χ3v) is 3.08. The van der Waals surface area contributed by atoms with E-state index in [1.807, 2.05) is 0 Å². The van der Waals surface area contributed by atoms with E-state index in [4.69, 9.17) is 17.3 Å². The molecule has 0 fully saturated rings. The highest BCUT2D eigenvalue weighted by Crippen LogP contribution is 2.14. The van der Waals surface area contributed by atoms with Crippen LogP contribution >= 0.6 is 12.2 Å². The van der Waals surface area contributed by atoms with Crippen molar-refractivity contribution >= 4 is 29.0 Å². The predicted octanol–water partition coefficient (Wildman–Crippen LogP) is 3.15. The molecule has 0 amide bonds. The molecule has 0 aliphatic carbocycles. The molecular weight excluding hydrogens is 310 g/mol. The second kappa shape index (κ2) is 6.95. The summed E-state index contributed by atoms with van der Waals surface area (Å²) in [6.07, 6.45) is 0. The van der Waals surface area contributed by atoms with Gasteiger partial charge in [-0.05, 0) is 42.0 Å². The van der Waals surface area contributed by atoms with Gasteiger partial charge in [-0.1, -0.05) is 12.1 Å². The number of aromatic carboxylic acids is 1. The van der Waals surface area contributed by atoms with Crippen LogP contribution < -0.4 is 10.6 Å². The van der Waals surface area contributed by atoms with Crippen molar-refractivity contribution in [3.05, 3.63) is 65.2 Å². The minimum absolute atomic E-state index is 0.0696. The van der Waals surface area contributed by atoms with E-state index in [1.54, 1.807) is 12.1 Å².